The zero-order valence-corrected chi connectivity index (χ0v) is 30.9. The third-order valence-electron chi connectivity index (χ3n) is 10.5. The van der Waals surface area contributed by atoms with Gasteiger partial charge in [-0.15, -0.1) is 0 Å². The van der Waals surface area contributed by atoms with E-state index in [0.717, 1.165) is 60.0 Å². The van der Waals surface area contributed by atoms with Gasteiger partial charge in [0.1, 0.15) is 35.6 Å². The van der Waals surface area contributed by atoms with Gasteiger partial charge in [0, 0.05) is 17.7 Å². The molecular weight excluding hydrogens is 678 g/mol. The molecule has 4 aromatic rings. The van der Waals surface area contributed by atoms with E-state index in [1.54, 1.807) is 13.8 Å². The molecule has 5 heterocycles. The number of fused-ring (bicyclic) bond motifs is 4. The molecule has 53 heavy (non-hydrogen) atoms. The van der Waals surface area contributed by atoms with Crippen LogP contribution in [-0.2, 0) is 32.6 Å². The quantitative estimate of drug-likeness (QED) is 0.112. The van der Waals surface area contributed by atoms with E-state index in [-0.39, 0.29) is 41.4 Å². The van der Waals surface area contributed by atoms with Crippen molar-refractivity contribution in [3.8, 4) is 17.3 Å². The van der Waals surface area contributed by atoms with Crippen LogP contribution in [0, 0.1) is 11.8 Å². The first-order valence-corrected chi connectivity index (χ1v) is 18.5. The van der Waals surface area contributed by atoms with E-state index in [4.69, 9.17) is 23.3 Å². The molecule has 13 heteroatoms. The van der Waals surface area contributed by atoms with E-state index < -0.39 is 47.6 Å². The first-order chi connectivity index (χ1) is 25.5. The van der Waals surface area contributed by atoms with Gasteiger partial charge < -0.3 is 39.4 Å². The summed E-state index contributed by atoms with van der Waals surface area (Å²) >= 11 is 0. The summed E-state index contributed by atoms with van der Waals surface area (Å²) in [5.74, 6) is -1.03. The van der Waals surface area contributed by atoms with Gasteiger partial charge in [-0.3, -0.25) is 9.59 Å². The first-order valence-electron chi connectivity index (χ1n) is 18.5. The van der Waals surface area contributed by atoms with E-state index in [1.165, 1.54) is 13.4 Å². The number of aryl methyl sites for hydroxylation is 1. The van der Waals surface area contributed by atoms with Crippen LogP contribution in [0.4, 0.5) is 5.69 Å². The molecule has 0 saturated heterocycles. The molecule has 0 saturated carbocycles. The third kappa shape index (κ3) is 6.24. The van der Waals surface area contributed by atoms with Gasteiger partial charge in [-0.1, -0.05) is 84.2 Å². The van der Waals surface area contributed by atoms with Gasteiger partial charge in [0.15, 0.2) is 23.4 Å². The molecule has 2 aromatic carbocycles. The van der Waals surface area contributed by atoms with Gasteiger partial charge in [-0.2, -0.15) is 0 Å². The summed E-state index contributed by atoms with van der Waals surface area (Å²) in [7, 11) is 1.27. The summed E-state index contributed by atoms with van der Waals surface area (Å²) in [6, 6.07) is 10.2. The largest absolute Gasteiger partial charge is 0.468 e. The van der Waals surface area contributed by atoms with Crippen LogP contribution in [0.1, 0.15) is 111 Å². The number of para-hydroxylation sites is 1. The lowest BCUT2D eigenvalue weighted by Gasteiger charge is -2.29. The number of carbonyl (C=O) groups excluding carboxylic acids is 3. The molecule has 5 atom stereocenters. The van der Waals surface area contributed by atoms with Crippen molar-refractivity contribution in [2.45, 2.75) is 103 Å². The Morgan fingerprint density at radius 2 is 1.87 bits per heavy atom. The molecule has 0 fully saturated rings. The summed E-state index contributed by atoms with van der Waals surface area (Å²) < 4.78 is 24.7. The second-order valence-electron chi connectivity index (χ2n) is 14.9. The number of nitrogens with one attached hydrogen (secondary N) is 3. The summed E-state index contributed by atoms with van der Waals surface area (Å²) in [6.07, 6.45) is 4.28. The maximum Gasteiger partial charge on any atom is 0.360 e. The summed E-state index contributed by atoms with van der Waals surface area (Å²) in [4.78, 5) is 49.6. The number of aromatic nitrogens is 2. The maximum atomic E-state index is 14.3. The van der Waals surface area contributed by atoms with E-state index in [1.807, 2.05) is 44.2 Å². The highest BCUT2D eigenvalue weighted by atomic mass is 16.5. The number of ether oxygens (including phenoxy) is 2. The molecule has 3 aliphatic heterocycles. The Labute approximate surface area is 308 Å². The zero-order chi connectivity index (χ0) is 37.6. The fraction of sp³-hybridized carbons (Fsp3) is 0.475. The zero-order valence-electron chi connectivity index (χ0n) is 30.9. The number of methoxy groups -OCH3 is 1. The van der Waals surface area contributed by atoms with Crippen molar-refractivity contribution in [1.29, 1.82) is 0 Å². The molecule has 1 spiro atoms. The van der Waals surface area contributed by atoms with Crippen LogP contribution in [0.5, 0.6) is 5.75 Å². The number of benzene rings is 2. The molecule has 2 amide bonds. The number of hydrogen-bond acceptors (Lipinski definition) is 11. The number of hydrogen-bond donors (Lipinski definition) is 4. The minimum atomic E-state index is -1.30. The van der Waals surface area contributed by atoms with E-state index in [2.05, 4.69) is 33.9 Å². The van der Waals surface area contributed by atoms with Gasteiger partial charge in [0.2, 0.25) is 23.6 Å². The van der Waals surface area contributed by atoms with Crippen LogP contribution in [0.25, 0.3) is 11.6 Å². The normalized spacial score (nSPS) is 21.8. The summed E-state index contributed by atoms with van der Waals surface area (Å²) in [6.45, 7) is 9.51. The number of carbonyl (C=O) groups is 3. The maximum absolute atomic E-state index is 14.3. The van der Waals surface area contributed by atoms with Crippen LogP contribution in [0.3, 0.4) is 0 Å². The lowest BCUT2D eigenvalue weighted by Crippen LogP contribution is -2.52. The molecule has 3 unspecified atom stereocenters. The predicted molar refractivity (Wildman–Crippen MR) is 194 cm³/mol. The highest BCUT2D eigenvalue weighted by Gasteiger charge is 2.61. The third-order valence-corrected chi connectivity index (χ3v) is 10.5. The Kier molecular flexibility index (Phi) is 9.79. The Balaban J connectivity index is 1.50. The minimum Gasteiger partial charge on any atom is -0.468 e. The van der Waals surface area contributed by atoms with Crippen LogP contribution in [0.2, 0.25) is 0 Å². The molecule has 0 radical (unpaired) electrons. The Morgan fingerprint density at radius 3 is 2.60 bits per heavy atom. The lowest BCUT2D eigenvalue weighted by atomic mass is 9.72. The average Bonchev–Trinajstić information content (AvgIpc) is 3.92. The molecule has 4 bridgehead atoms. The molecule has 280 valence electrons. The van der Waals surface area contributed by atoms with Crippen molar-refractivity contribution in [1.82, 2.24) is 20.6 Å². The molecule has 2 aromatic heterocycles. The van der Waals surface area contributed by atoms with E-state index in [0.29, 0.717) is 11.5 Å². The second kappa shape index (κ2) is 14.3. The number of aliphatic hydroxyl groups is 1. The van der Waals surface area contributed by atoms with Crippen LogP contribution in [0.15, 0.2) is 51.5 Å². The number of aliphatic hydroxyl groups excluding tert-OH is 1. The molecule has 7 rings (SSSR count). The van der Waals surface area contributed by atoms with E-state index in [9.17, 15) is 19.5 Å². The molecule has 3 aliphatic rings. The van der Waals surface area contributed by atoms with Crippen molar-refractivity contribution in [3.63, 3.8) is 0 Å². The number of rotatable bonds is 11. The average molecular weight is 726 g/mol. The van der Waals surface area contributed by atoms with Crippen LogP contribution >= 0.6 is 0 Å². The summed E-state index contributed by atoms with van der Waals surface area (Å²) in [5, 5.41) is 20.2. The topological polar surface area (TPSA) is 178 Å². The van der Waals surface area contributed by atoms with Crippen LogP contribution < -0.4 is 20.7 Å². The van der Waals surface area contributed by atoms with Gasteiger partial charge in [-0.25, -0.2) is 14.8 Å². The number of oxazole rings is 2. The standard InChI is InChI=1S/C40H47N5O8/c1-7-8-9-10-13-23-16-22-17-25-32(23)52-39-40(25,24-14-11-12-15-26(24)43-39)33-30(36-42-28(19-51-36)38(49)50-6)45-37(53-33)29(20(2)3)44-34(47)27(18-22)41-35(48)31(46)21(4)5/h11-12,14-17,19-21,27,29,31,39,43,46H,7-10,13,18H2,1-6H3,(H,41,48)(H,44,47)/t27-,29?,31-,39?,40?/m0/s1. The second-order valence-corrected chi connectivity index (χ2v) is 14.9. The van der Waals surface area contributed by atoms with Crippen molar-refractivity contribution in [2.75, 3.05) is 12.4 Å². The lowest BCUT2D eigenvalue weighted by molar-refractivity contribution is -0.135. The molecule has 0 aliphatic carbocycles. The smallest absolute Gasteiger partial charge is 0.360 e. The SMILES string of the molecule is CCCCCCc1cc2cc3c1OC1Nc4ccccc4C31c1oc(nc1-c1nc(C(=O)OC)co1)C(C(C)C)NC(=O)[C@@H](NC(=O)[C@@H](O)C(C)C)C2. The predicted octanol–water partition coefficient (Wildman–Crippen LogP) is 5.59. The number of anilines is 1. The van der Waals surface area contributed by atoms with E-state index >= 15 is 0 Å². The fourth-order valence-electron chi connectivity index (χ4n) is 7.70. The molecule has 4 N–H and O–H groups in total. The number of amides is 2. The van der Waals surface area contributed by atoms with Gasteiger partial charge in [0.25, 0.3) is 0 Å². The first kappa shape index (κ1) is 36.2. The number of unbranched alkanes of at least 4 members (excludes halogenated alkanes) is 3. The minimum absolute atomic E-state index is 0.0359. The van der Waals surface area contributed by atoms with Crippen molar-refractivity contribution in [2.24, 2.45) is 11.8 Å². The highest BCUT2D eigenvalue weighted by Crippen LogP contribution is 2.60. The van der Waals surface area contributed by atoms with Gasteiger partial charge in [0.05, 0.1) is 7.11 Å². The highest BCUT2D eigenvalue weighted by molar-refractivity contribution is 5.90. The Bertz CT molecular complexity index is 2030. The van der Waals surface area contributed by atoms with Crippen LogP contribution in [-0.4, -0.2) is 58.3 Å². The Morgan fingerprint density at radius 1 is 1.08 bits per heavy atom. The molecular formula is C40H47N5O8. The van der Waals surface area contributed by atoms with Crippen molar-refractivity contribution in [3.05, 3.63) is 82.3 Å². The van der Waals surface area contributed by atoms with Gasteiger partial charge in [-0.05, 0) is 47.4 Å². The number of esters is 1. The number of nitrogens with zero attached hydrogens (tertiary/aromatic N) is 2. The monoisotopic (exact) mass is 725 g/mol. The van der Waals surface area contributed by atoms with Gasteiger partial charge >= 0.3 is 5.97 Å². The fourth-order valence-corrected chi connectivity index (χ4v) is 7.70. The molecule has 13 nitrogen and oxygen atoms in total. The summed E-state index contributed by atoms with van der Waals surface area (Å²) in [5.41, 5.74) is 3.40. The van der Waals surface area contributed by atoms with Crippen molar-refractivity contribution < 1.29 is 37.8 Å². The Hall–Kier alpha value is -5.17. The van der Waals surface area contributed by atoms with Crippen molar-refractivity contribution >= 4 is 23.5 Å².